The van der Waals surface area contributed by atoms with Crippen molar-refractivity contribution in [2.45, 2.75) is 76.4 Å². The number of nitrogens with one attached hydrogen (secondary N) is 2. The van der Waals surface area contributed by atoms with Crippen LogP contribution in [0.3, 0.4) is 0 Å². The Hall–Kier alpha value is -1.98. The van der Waals surface area contributed by atoms with Gasteiger partial charge in [0.1, 0.15) is 5.82 Å². The van der Waals surface area contributed by atoms with Crippen LogP contribution in [-0.2, 0) is 9.47 Å². The van der Waals surface area contributed by atoms with E-state index in [0.29, 0.717) is 70.9 Å². The Labute approximate surface area is 228 Å². The molecule has 11 heteroatoms. The van der Waals surface area contributed by atoms with E-state index >= 15 is 0 Å². The molecule has 0 aromatic heterocycles. The van der Waals surface area contributed by atoms with Crippen molar-refractivity contribution in [3.05, 3.63) is 35.1 Å². The SMILES string of the molecule is CCOCCCO[C@@H](c1cc(F)cc(F)c1F)[C@@H]1CCCN(C(=O)NC(CNC)CC2CCC(F)(F)CC2)C1. The molecule has 0 bridgehead atoms. The first kappa shape index (κ1) is 31.5. The summed E-state index contributed by atoms with van der Waals surface area (Å²) in [5.74, 6) is -6.21. The van der Waals surface area contributed by atoms with Crippen LogP contribution in [0.5, 0.6) is 0 Å². The molecule has 2 aliphatic rings. The molecule has 3 atom stereocenters. The zero-order valence-electron chi connectivity index (χ0n) is 22.9. The number of amides is 2. The molecule has 1 aromatic rings. The maximum atomic E-state index is 14.8. The van der Waals surface area contributed by atoms with Crippen molar-refractivity contribution in [1.29, 1.82) is 0 Å². The molecule has 3 rings (SSSR count). The van der Waals surface area contributed by atoms with Crippen LogP contribution < -0.4 is 10.6 Å². The second kappa shape index (κ2) is 15.1. The zero-order chi connectivity index (χ0) is 28.4. The number of carbonyl (C=O) groups is 1. The summed E-state index contributed by atoms with van der Waals surface area (Å²) in [6.45, 7) is 4.24. The molecule has 222 valence electrons. The third kappa shape index (κ3) is 9.56. The number of piperidine rings is 1. The van der Waals surface area contributed by atoms with Gasteiger partial charge in [-0.1, -0.05) is 0 Å². The van der Waals surface area contributed by atoms with E-state index < -0.39 is 29.5 Å². The fraction of sp³-hybridized carbons (Fsp3) is 0.750. The number of alkyl halides is 2. The van der Waals surface area contributed by atoms with Gasteiger partial charge < -0.3 is 25.0 Å². The molecule has 1 aromatic carbocycles. The molecule has 1 saturated carbocycles. The van der Waals surface area contributed by atoms with E-state index in [1.807, 2.05) is 6.92 Å². The lowest BCUT2D eigenvalue weighted by Crippen LogP contribution is -2.52. The first-order chi connectivity index (χ1) is 18.6. The van der Waals surface area contributed by atoms with Crippen molar-refractivity contribution in [3.63, 3.8) is 0 Å². The Morgan fingerprint density at radius 2 is 1.90 bits per heavy atom. The number of likely N-dealkylation sites (tertiary alicyclic amines) is 1. The number of hydrogen-bond donors (Lipinski definition) is 2. The second-order valence-corrected chi connectivity index (χ2v) is 10.7. The summed E-state index contributed by atoms with van der Waals surface area (Å²) in [5, 5.41) is 6.10. The summed E-state index contributed by atoms with van der Waals surface area (Å²) >= 11 is 0. The number of halogens is 5. The van der Waals surface area contributed by atoms with Crippen molar-refractivity contribution < 1.29 is 36.2 Å². The molecule has 1 aliphatic heterocycles. The first-order valence-corrected chi connectivity index (χ1v) is 14.0. The molecule has 2 fully saturated rings. The first-order valence-electron chi connectivity index (χ1n) is 14.0. The number of likely N-dealkylation sites (N-methyl/N-ethyl adjacent to an activating group) is 1. The average molecular weight is 564 g/mol. The van der Waals surface area contributed by atoms with Crippen LogP contribution in [0.25, 0.3) is 0 Å². The molecule has 0 radical (unpaired) electrons. The van der Waals surface area contributed by atoms with Crippen molar-refractivity contribution in [1.82, 2.24) is 15.5 Å². The minimum atomic E-state index is -2.60. The fourth-order valence-electron chi connectivity index (χ4n) is 5.66. The van der Waals surface area contributed by atoms with E-state index in [1.165, 1.54) is 0 Å². The maximum absolute atomic E-state index is 14.8. The molecule has 1 unspecified atom stereocenters. The molecule has 0 spiro atoms. The van der Waals surface area contributed by atoms with Gasteiger partial charge in [0.15, 0.2) is 11.6 Å². The summed E-state index contributed by atoms with van der Waals surface area (Å²) in [4.78, 5) is 14.9. The van der Waals surface area contributed by atoms with Gasteiger partial charge in [-0.25, -0.2) is 26.7 Å². The van der Waals surface area contributed by atoms with Crippen LogP contribution in [0.15, 0.2) is 12.1 Å². The quantitative estimate of drug-likeness (QED) is 0.181. The Morgan fingerprint density at radius 3 is 2.59 bits per heavy atom. The molecule has 1 saturated heterocycles. The van der Waals surface area contributed by atoms with Crippen molar-refractivity contribution in [2.24, 2.45) is 11.8 Å². The molecule has 39 heavy (non-hydrogen) atoms. The molecule has 1 heterocycles. The van der Waals surface area contributed by atoms with Gasteiger partial charge >= 0.3 is 6.03 Å². The van der Waals surface area contributed by atoms with Gasteiger partial charge in [-0.15, -0.1) is 0 Å². The normalized spacial score (nSPS) is 21.5. The molecule has 2 N–H and O–H groups in total. The zero-order valence-corrected chi connectivity index (χ0v) is 22.9. The molecular formula is C28H42F5N3O3. The smallest absolute Gasteiger partial charge is 0.317 e. The van der Waals surface area contributed by atoms with E-state index in [2.05, 4.69) is 10.6 Å². The fourth-order valence-corrected chi connectivity index (χ4v) is 5.66. The highest BCUT2D eigenvalue weighted by molar-refractivity contribution is 5.74. The van der Waals surface area contributed by atoms with E-state index in [4.69, 9.17) is 9.47 Å². The van der Waals surface area contributed by atoms with Gasteiger partial charge in [0.2, 0.25) is 5.92 Å². The monoisotopic (exact) mass is 563 g/mol. The number of hydrogen-bond acceptors (Lipinski definition) is 4. The van der Waals surface area contributed by atoms with Crippen molar-refractivity contribution in [2.75, 3.05) is 46.5 Å². The van der Waals surface area contributed by atoms with Crippen LogP contribution >= 0.6 is 0 Å². The predicted molar refractivity (Wildman–Crippen MR) is 138 cm³/mol. The number of benzene rings is 1. The molecular weight excluding hydrogens is 521 g/mol. The minimum absolute atomic E-state index is 0.109. The van der Waals surface area contributed by atoms with Gasteiger partial charge in [0.05, 0.1) is 6.10 Å². The lowest BCUT2D eigenvalue weighted by Gasteiger charge is -2.38. The largest absolute Gasteiger partial charge is 0.382 e. The highest BCUT2D eigenvalue weighted by Crippen LogP contribution is 2.38. The molecule has 6 nitrogen and oxygen atoms in total. The topological polar surface area (TPSA) is 62.8 Å². The van der Waals surface area contributed by atoms with Crippen LogP contribution in [0.2, 0.25) is 0 Å². The summed E-state index contributed by atoms with van der Waals surface area (Å²) in [6, 6.07) is 0.921. The third-order valence-corrected chi connectivity index (χ3v) is 7.67. The average Bonchev–Trinajstić information content (AvgIpc) is 2.90. The predicted octanol–water partition coefficient (Wildman–Crippen LogP) is 5.81. The second-order valence-electron chi connectivity index (χ2n) is 10.7. The Kier molecular flexibility index (Phi) is 12.2. The Balaban J connectivity index is 1.67. The van der Waals surface area contributed by atoms with Crippen LogP contribution in [0, 0.1) is 29.3 Å². The van der Waals surface area contributed by atoms with Gasteiger partial charge in [-0.3, -0.25) is 0 Å². The van der Waals surface area contributed by atoms with Crippen molar-refractivity contribution >= 4 is 6.03 Å². The van der Waals surface area contributed by atoms with Crippen LogP contribution in [0.1, 0.15) is 70.0 Å². The summed E-state index contributed by atoms with van der Waals surface area (Å²) in [6.07, 6.45) is 1.98. The van der Waals surface area contributed by atoms with Crippen molar-refractivity contribution in [3.8, 4) is 0 Å². The number of urea groups is 1. The Bertz CT molecular complexity index is 913. The van der Waals surface area contributed by atoms with E-state index in [1.54, 1.807) is 11.9 Å². The lowest BCUT2D eigenvalue weighted by atomic mass is 9.83. The van der Waals surface area contributed by atoms with Crippen LogP contribution in [0.4, 0.5) is 26.7 Å². The highest BCUT2D eigenvalue weighted by atomic mass is 19.3. The Morgan fingerprint density at radius 1 is 1.15 bits per heavy atom. The number of rotatable bonds is 13. The molecule has 1 aliphatic carbocycles. The lowest BCUT2D eigenvalue weighted by molar-refractivity contribution is -0.0473. The van der Waals surface area contributed by atoms with E-state index in [9.17, 15) is 26.7 Å². The summed E-state index contributed by atoms with van der Waals surface area (Å²) < 4.78 is 81.4. The highest BCUT2D eigenvalue weighted by Gasteiger charge is 2.37. The van der Waals surface area contributed by atoms with Crippen LogP contribution in [-0.4, -0.2) is 69.4 Å². The maximum Gasteiger partial charge on any atom is 0.317 e. The van der Waals surface area contributed by atoms with Gasteiger partial charge in [-0.05, 0) is 64.5 Å². The summed E-state index contributed by atoms with van der Waals surface area (Å²) in [5.41, 5.74) is -0.196. The molecule has 2 amide bonds. The number of ether oxygens (including phenoxy) is 2. The minimum Gasteiger partial charge on any atom is -0.382 e. The van der Waals surface area contributed by atoms with Gasteiger partial charge in [-0.2, -0.15) is 0 Å². The number of nitrogens with zero attached hydrogens (tertiary/aromatic N) is 1. The van der Waals surface area contributed by atoms with Gasteiger partial charge in [0, 0.05) is 75.9 Å². The standard InChI is InChI=1S/C28H42F5N3O3/c1-3-38-12-5-13-39-26(23-15-21(29)16-24(30)25(23)31)20-6-4-11-36(18-20)27(37)35-22(17-34-2)14-19-7-9-28(32,33)10-8-19/h15-16,19-20,22,26,34H,3-14,17-18H2,1-2H3,(H,35,37)/t20-,22?,26-/m1/s1. The summed E-state index contributed by atoms with van der Waals surface area (Å²) in [7, 11) is 1.77. The number of carbonyl (C=O) groups excluding carboxylic acids is 1. The van der Waals surface area contributed by atoms with E-state index in [-0.39, 0.29) is 55.5 Å². The van der Waals surface area contributed by atoms with Gasteiger partial charge in [0.25, 0.3) is 0 Å². The van der Waals surface area contributed by atoms with E-state index in [0.717, 1.165) is 6.07 Å². The third-order valence-electron chi connectivity index (χ3n) is 7.67.